The number of imidazole rings is 1. The number of para-hydroxylation sites is 1. The van der Waals surface area contributed by atoms with Gasteiger partial charge in [0.1, 0.15) is 5.82 Å². The molecule has 2 aromatic rings. The summed E-state index contributed by atoms with van der Waals surface area (Å²) in [5.41, 5.74) is 3.16. The van der Waals surface area contributed by atoms with Crippen molar-refractivity contribution >= 4 is 16.9 Å². The highest BCUT2D eigenvalue weighted by Crippen LogP contribution is 2.19. The summed E-state index contributed by atoms with van der Waals surface area (Å²) in [6.07, 6.45) is 5.32. The number of amides is 1. The lowest BCUT2D eigenvalue weighted by Crippen LogP contribution is -2.37. The Balaban J connectivity index is 1.49. The molecular weight excluding hydrogens is 288 g/mol. The van der Waals surface area contributed by atoms with E-state index in [-0.39, 0.29) is 5.91 Å². The van der Waals surface area contributed by atoms with Gasteiger partial charge in [-0.25, -0.2) is 4.98 Å². The van der Waals surface area contributed by atoms with E-state index in [0.717, 1.165) is 35.4 Å². The highest BCUT2D eigenvalue weighted by atomic mass is 16.1. The topological polar surface area (TPSA) is 61.0 Å². The molecule has 2 N–H and O–H groups in total. The van der Waals surface area contributed by atoms with Crippen molar-refractivity contribution in [3.05, 3.63) is 29.6 Å². The molecule has 1 atom stereocenters. The number of hydrogen-bond acceptors (Lipinski definition) is 3. The van der Waals surface area contributed by atoms with Crippen LogP contribution in [0.1, 0.15) is 43.5 Å². The number of carbonyl (C=O) groups is 1. The lowest BCUT2D eigenvalue weighted by atomic mass is 9.98. The van der Waals surface area contributed by atoms with E-state index in [9.17, 15) is 4.79 Å². The van der Waals surface area contributed by atoms with Gasteiger partial charge in [0, 0.05) is 12.5 Å². The first-order valence-electron chi connectivity index (χ1n) is 8.54. The second kappa shape index (κ2) is 7.13. The van der Waals surface area contributed by atoms with Crippen LogP contribution in [0.5, 0.6) is 0 Å². The molecular formula is C18H26N4O. The normalized spacial score (nSPS) is 19.1. The van der Waals surface area contributed by atoms with Gasteiger partial charge >= 0.3 is 0 Å². The van der Waals surface area contributed by atoms with Gasteiger partial charge in [-0.2, -0.15) is 0 Å². The molecule has 0 saturated carbocycles. The Hall–Kier alpha value is -1.88. The molecule has 5 nitrogen and oxygen atoms in total. The number of nitrogens with one attached hydrogen (secondary N) is 2. The van der Waals surface area contributed by atoms with Crippen LogP contribution >= 0.6 is 0 Å². The van der Waals surface area contributed by atoms with Crippen molar-refractivity contribution in [2.24, 2.45) is 0 Å². The molecule has 1 aliphatic rings. The van der Waals surface area contributed by atoms with E-state index in [4.69, 9.17) is 0 Å². The number of piperidine rings is 1. The average Bonchev–Trinajstić information content (AvgIpc) is 2.97. The van der Waals surface area contributed by atoms with Crippen LogP contribution in [0.15, 0.2) is 18.2 Å². The van der Waals surface area contributed by atoms with Crippen LogP contribution in [0.25, 0.3) is 11.0 Å². The highest BCUT2D eigenvalue weighted by Gasteiger charge is 2.19. The summed E-state index contributed by atoms with van der Waals surface area (Å²) >= 11 is 0. The lowest BCUT2D eigenvalue weighted by Gasteiger charge is -2.32. The van der Waals surface area contributed by atoms with Crippen LogP contribution in [-0.4, -0.2) is 40.4 Å². The number of hydrogen-bond donors (Lipinski definition) is 2. The van der Waals surface area contributed by atoms with Crippen LogP contribution in [-0.2, 0) is 11.3 Å². The van der Waals surface area contributed by atoms with Gasteiger partial charge < -0.3 is 15.2 Å². The molecule has 1 aromatic heterocycles. The molecule has 5 heteroatoms. The molecule has 23 heavy (non-hydrogen) atoms. The number of carbonyl (C=O) groups excluding carboxylic acids is 1. The molecule has 1 fully saturated rings. The third-order valence-corrected chi connectivity index (χ3v) is 4.84. The van der Waals surface area contributed by atoms with Crippen molar-refractivity contribution in [1.82, 2.24) is 20.2 Å². The van der Waals surface area contributed by atoms with Gasteiger partial charge in [0.25, 0.3) is 0 Å². The number of aryl methyl sites for hydroxylation is 1. The predicted molar refractivity (Wildman–Crippen MR) is 92.2 cm³/mol. The number of rotatable bonds is 5. The van der Waals surface area contributed by atoms with Crippen LogP contribution in [0.4, 0.5) is 0 Å². The Bertz CT molecular complexity index is 679. The summed E-state index contributed by atoms with van der Waals surface area (Å²) in [6, 6.07) is 6.63. The molecule has 2 heterocycles. The van der Waals surface area contributed by atoms with E-state index in [1.54, 1.807) is 0 Å². The van der Waals surface area contributed by atoms with Gasteiger partial charge in [0.2, 0.25) is 5.91 Å². The summed E-state index contributed by atoms with van der Waals surface area (Å²) in [7, 11) is 2.17. The molecule has 1 saturated heterocycles. The first-order valence-corrected chi connectivity index (χ1v) is 8.54. The second-order valence-electron chi connectivity index (χ2n) is 6.60. The maximum absolute atomic E-state index is 12.1. The van der Waals surface area contributed by atoms with Crippen molar-refractivity contribution in [1.29, 1.82) is 0 Å². The van der Waals surface area contributed by atoms with Crippen molar-refractivity contribution < 1.29 is 4.79 Å². The fraction of sp³-hybridized carbons (Fsp3) is 0.556. The number of H-pyrrole nitrogens is 1. The summed E-state index contributed by atoms with van der Waals surface area (Å²) in [6.45, 7) is 3.67. The van der Waals surface area contributed by atoms with E-state index < -0.39 is 0 Å². The van der Waals surface area contributed by atoms with Crippen molar-refractivity contribution in [2.75, 3.05) is 13.6 Å². The monoisotopic (exact) mass is 314 g/mol. The molecule has 0 spiro atoms. The molecule has 0 radical (unpaired) electrons. The Morgan fingerprint density at radius 1 is 1.43 bits per heavy atom. The molecule has 3 rings (SSSR count). The molecule has 0 unspecified atom stereocenters. The molecule has 1 aromatic carbocycles. The Labute approximate surface area is 137 Å². The molecule has 124 valence electrons. The van der Waals surface area contributed by atoms with Gasteiger partial charge in [-0.15, -0.1) is 0 Å². The Morgan fingerprint density at radius 3 is 3.09 bits per heavy atom. The SMILES string of the molecule is Cc1cccc2[nH]c(CNC(=O)CC[C@H]3CCCCN3C)nc12. The molecule has 1 amide bonds. The number of aromatic nitrogens is 2. The summed E-state index contributed by atoms with van der Waals surface area (Å²) in [4.78, 5) is 22.3. The number of likely N-dealkylation sites (tertiary alicyclic amines) is 1. The zero-order chi connectivity index (χ0) is 16.2. The smallest absolute Gasteiger partial charge is 0.220 e. The average molecular weight is 314 g/mol. The molecule has 0 aliphatic carbocycles. The minimum Gasteiger partial charge on any atom is -0.349 e. The number of fused-ring (bicyclic) bond motifs is 1. The van der Waals surface area contributed by atoms with Gasteiger partial charge in [-0.3, -0.25) is 4.79 Å². The van der Waals surface area contributed by atoms with Crippen LogP contribution in [0.3, 0.4) is 0 Å². The van der Waals surface area contributed by atoms with Gasteiger partial charge in [0.05, 0.1) is 17.6 Å². The van der Waals surface area contributed by atoms with Crippen molar-refractivity contribution in [2.45, 2.75) is 51.6 Å². The van der Waals surface area contributed by atoms with Gasteiger partial charge in [-0.05, 0) is 51.4 Å². The first-order chi connectivity index (χ1) is 11.1. The zero-order valence-corrected chi connectivity index (χ0v) is 14.1. The second-order valence-corrected chi connectivity index (χ2v) is 6.60. The fourth-order valence-corrected chi connectivity index (χ4v) is 3.39. The third-order valence-electron chi connectivity index (χ3n) is 4.84. The maximum atomic E-state index is 12.1. The highest BCUT2D eigenvalue weighted by molar-refractivity contribution is 5.79. The van der Waals surface area contributed by atoms with Gasteiger partial charge in [-0.1, -0.05) is 18.6 Å². The largest absolute Gasteiger partial charge is 0.349 e. The standard InChI is InChI=1S/C18H26N4O/c1-13-6-5-8-15-18(13)21-16(20-15)12-19-17(23)10-9-14-7-3-4-11-22(14)2/h5-6,8,14H,3-4,7,9-12H2,1-2H3,(H,19,23)(H,20,21)/t14-/m1/s1. The van der Waals surface area contributed by atoms with E-state index in [0.29, 0.717) is 19.0 Å². The van der Waals surface area contributed by atoms with E-state index in [2.05, 4.69) is 27.2 Å². The first kappa shape index (κ1) is 16.0. The van der Waals surface area contributed by atoms with E-state index in [1.165, 1.54) is 19.3 Å². The van der Waals surface area contributed by atoms with Crippen molar-refractivity contribution in [3.8, 4) is 0 Å². The van der Waals surface area contributed by atoms with E-state index >= 15 is 0 Å². The van der Waals surface area contributed by atoms with Gasteiger partial charge in [0.15, 0.2) is 0 Å². The number of aromatic amines is 1. The van der Waals surface area contributed by atoms with E-state index in [1.807, 2.05) is 25.1 Å². The zero-order valence-electron chi connectivity index (χ0n) is 14.1. The predicted octanol–water partition coefficient (Wildman–Crippen LogP) is 2.75. The van der Waals surface area contributed by atoms with Crippen molar-refractivity contribution in [3.63, 3.8) is 0 Å². The number of benzene rings is 1. The summed E-state index contributed by atoms with van der Waals surface area (Å²) in [5, 5.41) is 2.98. The number of nitrogens with zero attached hydrogens (tertiary/aromatic N) is 2. The lowest BCUT2D eigenvalue weighted by molar-refractivity contribution is -0.121. The van der Waals surface area contributed by atoms with Crippen LogP contribution < -0.4 is 5.32 Å². The Morgan fingerprint density at radius 2 is 2.30 bits per heavy atom. The maximum Gasteiger partial charge on any atom is 0.220 e. The Kier molecular flexibility index (Phi) is 4.96. The van der Waals surface area contributed by atoms with Crippen LogP contribution in [0.2, 0.25) is 0 Å². The van der Waals surface area contributed by atoms with Crippen LogP contribution in [0, 0.1) is 6.92 Å². The summed E-state index contributed by atoms with van der Waals surface area (Å²) < 4.78 is 0. The third kappa shape index (κ3) is 3.91. The fourth-order valence-electron chi connectivity index (χ4n) is 3.39. The minimum absolute atomic E-state index is 0.112. The molecule has 0 bridgehead atoms. The molecule has 1 aliphatic heterocycles. The summed E-state index contributed by atoms with van der Waals surface area (Å²) in [5.74, 6) is 0.929. The minimum atomic E-state index is 0.112. The quantitative estimate of drug-likeness (QED) is 0.892.